The first-order valence-corrected chi connectivity index (χ1v) is 11.1. The molecular weight excluding hydrogens is 422 g/mol. The zero-order chi connectivity index (χ0) is 22.5. The van der Waals surface area contributed by atoms with Gasteiger partial charge in [-0.15, -0.1) is 0 Å². The number of ether oxygens (including phenoxy) is 1. The van der Waals surface area contributed by atoms with Crippen molar-refractivity contribution in [1.82, 2.24) is 14.9 Å². The third kappa shape index (κ3) is 4.94. The van der Waals surface area contributed by atoms with Crippen LogP contribution in [-0.2, 0) is 13.0 Å². The van der Waals surface area contributed by atoms with Crippen LogP contribution in [0.15, 0.2) is 66.7 Å². The van der Waals surface area contributed by atoms with Gasteiger partial charge in [0.2, 0.25) is 0 Å². The van der Waals surface area contributed by atoms with Crippen molar-refractivity contribution in [2.75, 3.05) is 13.2 Å². The summed E-state index contributed by atoms with van der Waals surface area (Å²) in [5, 5.41) is 3.39. The number of nitrogens with zero attached hydrogens (tertiary/aromatic N) is 2. The number of hydrogen-bond acceptors (Lipinski definition) is 3. The Bertz CT molecular complexity index is 1250. The van der Waals surface area contributed by atoms with Crippen LogP contribution in [0.4, 0.5) is 0 Å². The van der Waals surface area contributed by atoms with Gasteiger partial charge < -0.3 is 14.6 Å². The predicted molar refractivity (Wildman–Crippen MR) is 129 cm³/mol. The monoisotopic (exact) mass is 447 g/mol. The molecule has 0 aliphatic heterocycles. The van der Waals surface area contributed by atoms with E-state index in [1.54, 1.807) is 18.2 Å². The topological polar surface area (TPSA) is 56.1 Å². The maximum Gasteiger partial charge on any atom is 0.252 e. The van der Waals surface area contributed by atoms with Crippen molar-refractivity contribution in [1.29, 1.82) is 0 Å². The molecule has 0 saturated carbocycles. The number of fused-ring (bicyclic) bond motifs is 1. The Morgan fingerprint density at radius 1 is 1.03 bits per heavy atom. The van der Waals surface area contributed by atoms with Crippen LogP contribution in [0, 0.1) is 13.8 Å². The molecule has 0 aliphatic rings. The highest BCUT2D eigenvalue weighted by Gasteiger charge is 2.13. The van der Waals surface area contributed by atoms with E-state index in [9.17, 15) is 4.79 Å². The van der Waals surface area contributed by atoms with E-state index < -0.39 is 0 Å². The lowest BCUT2D eigenvalue weighted by molar-refractivity contribution is 0.0954. The van der Waals surface area contributed by atoms with E-state index in [4.69, 9.17) is 21.3 Å². The van der Waals surface area contributed by atoms with E-state index in [1.807, 2.05) is 30.3 Å². The maximum absolute atomic E-state index is 12.5. The number of aromatic nitrogens is 2. The van der Waals surface area contributed by atoms with Crippen LogP contribution >= 0.6 is 11.6 Å². The van der Waals surface area contributed by atoms with Crippen LogP contribution in [0.1, 0.15) is 27.3 Å². The van der Waals surface area contributed by atoms with Crippen molar-refractivity contribution in [3.63, 3.8) is 0 Å². The third-order valence-corrected chi connectivity index (χ3v) is 5.88. The highest BCUT2D eigenvalue weighted by Crippen LogP contribution is 2.19. The lowest BCUT2D eigenvalue weighted by atomic mass is 10.1. The largest absolute Gasteiger partial charge is 0.492 e. The van der Waals surface area contributed by atoms with Crippen LogP contribution in [-0.4, -0.2) is 28.6 Å². The van der Waals surface area contributed by atoms with Crippen molar-refractivity contribution in [3.8, 4) is 5.75 Å². The molecule has 0 bridgehead atoms. The van der Waals surface area contributed by atoms with Gasteiger partial charge in [-0.2, -0.15) is 0 Å². The van der Waals surface area contributed by atoms with Crippen LogP contribution in [0.3, 0.4) is 0 Å². The summed E-state index contributed by atoms with van der Waals surface area (Å²) in [6.45, 7) is 5.84. The molecule has 164 valence electrons. The number of para-hydroxylation sites is 2. The van der Waals surface area contributed by atoms with Gasteiger partial charge >= 0.3 is 0 Å². The molecule has 4 aromatic rings. The minimum absolute atomic E-state index is 0.184. The minimum Gasteiger partial charge on any atom is -0.492 e. The smallest absolute Gasteiger partial charge is 0.252 e. The Kier molecular flexibility index (Phi) is 6.76. The summed E-state index contributed by atoms with van der Waals surface area (Å²) in [4.78, 5) is 17.2. The van der Waals surface area contributed by atoms with E-state index in [1.165, 1.54) is 11.1 Å². The van der Waals surface area contributed by atoms with Gasteiger partial charge in [0, 0.05) is 13.0 Å². The molecule has 1 heterocycles. The van der Waals surface area contributed by atoms with Crippen LogP contribution in [0.25, 0.3) is 11.0 Å². The summed E-state index contributed by atoms with van der Waals surface area (Å²) in [7, 11) is 0. The maximum atomic E-state index is 12.5. The van der Waals surface area contributed by atoms with Crippen molar-refractivity contribution in [2.24, 2.45) is 0 Å². The molecule has 4 rings (SSSR count). The Hall–Kier alpha value is -3.31. The molecule has 32 heavy (non-hydrogen) atoms. The summed E-state index contributed by atoms with van der Waals surface area (Å²) < 4.78 is 8.16. The SMILES string of the molecule is Cc1ccc(OCCn2c(CCNC(=O)c3ccccc3Cl)nc3ccccc32)cc1C. The Morgan fingerprint density at radius 2 is 1.81 bits per heavy atom. The molecule has 0 aliphatic carbocycles. The lowest BCUT2D eigenvalue weighted by Gasteiger charge is -2.12. The fourth-order valence-electron chi connectivity index (χ4n) is 3.65. The van der Waals surface area contributed by atoms with Gasteiger partial charge in [0.15, 0.2) is 0 Å². The summed E-state index contributed by atoms with van der Waals surface area (Å²) in [5.41, 5.74) is 4.93. The van der Waals surface area contributed by atoms with Gasteiger partial charge in [-0.05, 0) is 61.4 Å². The first kappa shape index (κ1) is 21.9. The number of amides is 1. The molecule has 0 fully saturated rings. The fourth-order valence-corrected chi connectivity index (χ4v) is 3.87. The second kappa shape index (κ2) is 9.88. The van der Waals surface area contributed by atoms with E-state index in [-0.39, 0.29) is 5.91 Å². The van der Waals surface area contributed by atoms with Gasteiger partial charge in [-0.1, -0.05) is 41.9 Å². The van der Waals surface area contributed by atoms with E-state index in [0.29, 0.717) is 36.7 Å². The molecule has 1 aromatic heterocycles. The molecule has 0 atom stereocenters. The van der Waals surface area contributed by atoms with Crippen LogP contribution < -0.4 is 10.1 Å². The highest BCUT2D eigenvalue weighted by atomic mass is 35.5. The summed E-state index contributed by atoms with van der Waals surface area (Å²) in [6.07, 6.45) is 0.606. The van der Waals surface area contributed by atoms with E-state index in [0.717, 1.165) is 22.6 Å². The van der Waals surface area contributed by atoms with E-state index in [2.05, 4.69) is 41.9 Å². The van der Waals surface area contributed by atoms with Gasteiger partial charge in [0.1, 0.15) is 18.2 Å². The van der Waals surface area contributed by atoms with E-state index >= 15 is 0 Å². The lowest BCUT2D eigenvalue weighted by Crippen LogP contribution is -2.27. The van der Waals surface area contributed by atoms with Crippen molar-refractivity contribution in [2.45, 2.75) is 26.8 Å². The van der Waals surface area contributed by atoms with Gasteiger partial charge in [0.05, 0.1) is 28.2 Å². The molecule has 0 saturated heterocycles. The van der Waals surface area contributed by atoms with Crippen molar-refractivity contribution < 1.29 is 9.53 Å². The number of carbonyl (C=O) groups excluding carboxylic acids is 1. The molecular formula is C26H26ClN3O2. The summed E-state index contributed by atoms with van der Waals surface area (Å²) >= 11 is 6.13. The average Bonchev–Trinajstić information content (AvgIpc) is 3.14. The minimum atomic E-state index is -0.184. The van der Waals surface area contributed by atoms with Crippen LogP contribution in [0.5, 0.6) is 5.75 Å². The number of hydrogen-bond donors (Lipinski definition) is 1. The summed E-state index contributed by atoms with van der Waals surface area (Å²) in [6, 6.07) is 21.2. The zero-order valence-corrected chi connectivity index (χ0v) is 19.0. The molecule has 0 radical (unpaired) electrons. The normalized spacial score (nSPS) is 11.0. The first-order chi connectivity index (χ1) is 15.5. The van der Waals surface area contributed by atoms with Gasteiger partial charge in [-0.25, -0.2) is 4.98 Å². The number of aryl methyl sites for hydroxylation is 2. The predicted octanol–water partition coefficient (Wildman–Crippen LogP) is 5.36. The van der Waals surface area contributed by atoms with Crippen LogP contribution in [0.2, 0.25) is 5.02 Å². The Balaban J connectivity index is 1.43. The number of halogens is 1. The molecule has 0 spiro atoms. The molecule has 0 unspecified atom stereocenters. The Morgan fingerprint density at radius 3 is 2.62 bits per heavy atom. The fraction of sp³-hybridized carbons (Fsp3) is 0.231. The Labute approximate surface area is 193 Å². The van der Waals surface area contributed by atoms with Gasteiger partial charge in [0.25, 0.3) is 5.91 Å². The number of nitrogens with one attached hydrogen (secondary N) is 1. The number of benzene rings is 3. The van der Waals surface area contributed by atoms with Gasteiger partial charge in [-0.3, -0.25) is 4.79 Å². The second-order valence-corrected chi connectivity index (χ2v) is 8.16. The third-order valence-electron chi connectivity index (χ3n) is 5.55. The second-order valence-electron chi connectivity index (χ2n) is 7.75. The quantitative estimate of drug-likeness (QED) is 0.395. The zero-order valence-electron chi connectivity index (χ0n) is 18.3. The first-order valence-electron chi connectivity index (χ1n) is 10.7. The van der Waals surface area contributed by atoms with Crippen molar-refractivity contribution >= 4 is 28.5 Å². The molecule has 6 heteroatoms. The molecule has 3 aromatic carbocycles. The molecule has 5 nitrogen and oxygen atoms in total. The van der Waals surface area contributed by atoms with Crippen molar-refractivity contribution in [3.05, 3.63) is 94.3 Å². The molecule has 1 amide bonds. The summed E-state index contributed by atoms with van der Waals surface area (Å²) in [5.74, 6) is 1.59. The number of rotatable bonds is 8. The highest BCUT2D eigenvalue weighted by molar-refractivity contribution is 6.33. The molecule has 1 N–H and O–H groups in total. The number of imidazole rings is 1. The number of carbonyl (C=O) groups is 1. The standard InChI is InChI=1S/C26H26ClN3O2/c1-18-11-12-20(17-19(18)2)32-16-15-30-24-10-6-5-9-23(24)29-25(30)13-14-28-26(31)21-7-3-4-8-22(21)27/h3-12,17H,13-16H2,1-2H3,(H,28,31). The average molecular weight is 448 g/mol.